The van der Waals surface area contributed by atoms with E-state index in [-0.39, 0.29) is 11.3 Å². The summed E-state index contributed by atoms with van der Waals surface area (Å²) in [6.07, 6.45) is -4.82. The number of carboxylic acids is 1. The van der Waals surface area contributed by atoms with Gasteiger partial charge in [0.2, 0.25) is 0 Å². The number of hydrogen-bond donors (Lipinski definition) is 2. The van der Waals surface area contributed by atoms with Gasteiger partial charge in [-0.3, -0.25) is 0 Å². The number of aromatic carboxylic acids is 1. The summed E-state index contributed by atoms with van der Waals surface area (Å²) in [5.74, 6) is -0.752. The zero-order valence-electron chi connectivity index (χ0n) is 16.0. The highest BCUT2D eigenvalue weighted by Crippen LogP contribution is 2.39. The zero-order valence-corrected chi connectivity index (χ0v) is 16.8. The van der Waals surface area contributed by atoms with Gasteiger partial charge < -0.3 is 19.5 Å². The number of hydrogen-bond acceptors (Lipinski definition) is 5. The molecule has 1 fully saturated rings. The Kier molecular flexibility index (Phi) is 6.64. The number of carboxylic acid groups (broad SMARTS) is 1. The van der Waals surface area contributed by atoms with Crippen molar-refractivity contribution < 1.29 is 32.2 Å². The molecule has 0 unspecified atom stereocenters. The van der Waals surface area contributed by atoms with Crippen LogP contribution in [0.1, 0.15) is 28.8 Å². The second-order valence-corrected chi connectivity index (χ2v) is 7.61. The van der Waals surface area contributed by atoms with Gasteiger partial charge in [-0.2, -0.15) is 13.2 Å². The Morgan fingerprint density at radius 1 is 1.20 bits per heavy atom. The second kappa shape index (κ2) is 9.03. The zero-order chi connectivity index (χ0) is 21.9. The third-order valence-corrected chi connectivity index (χ3v) is 5.63. The van der Waals surface area contributed by atoms with Gasteiger partial charge in [0.25, 0.3) is 0 Å². The second-order valence-electron chi connectivity index (χ2n) is 6.77. The van der Waals surface area contributed by atoms with Crippen LogP contribution in [0.2, 0.25) is 0 Å². The fourth-order valence-electron chi connectivity index (χ4n) is 3.16. The largest absolute Gasteiger partial charge is 0.496 e. The topological polar surface area (TPSA) is 61.8 Å². The Hall–Kier alpha value is -2.62. The molecule has 1 aliphatic heterocycles. The lowest BCUT2D eigenvalue weighted by Crippen LogP contribution is -2.34. The third-order valence-electron chi connectivity index (χ3n) is 4.77. The summed E-state index contributed by atoms with van der Waals surface area (Å²) in [6, 6.07) is 7.60. The number of benzene rings is 2. The van der Waals surface area contributed by atoms with Gasteiger partial charge in [0.1, 0.15) is 11.9 Å². The first-order chi connectivity index (χ1) is 14.2. The van der Waals surface area contributed by atoms with Crippen LogP contribution in [-0.2, 0) is 6.18 Å². The average molecular weight is 444 g/mol. The maximum absolute atomic E-state index is 13.5. The summed E-state index contributed by atoms with van der Waals surface area (Å²) in [7, 11) is 1.41. The monoisotopic (exact) mass is 444 g/mol. The number of halogens is 4. The first-order valence-corrected chi connectivity index (χ1v) is 9.95. The Labute approximate surface area is 175 Å². The van der Waals surface area contributed by atoms with Crippen molar-refractivity contribution in [2.45, 2.75) is 30.1 Å². The summed E-state index contributed by atoms with van der Waals surface area (Å²) in [5, 5.41) is 9.19. The molecule has 0 radical (unpaired) electrons. The molecule has 1 saturated heterocycles. The first kappa shape index (κ1) is 22.1. The van der Waals surface area contributed by atoms with Crippen LogP contribution in [0.4, 0.5) is 28.9 Å². The van der Waals surface area contributed by atoms with Gasteiger partial charge in [-0.25, -0.2) is 9.18 Å². The number of nitrogens with zero attached hydrogens (tertiary/aromatic N) is 1. The quantitative estimate of drug-likeness (QED) is 0.455. The number of piperidine rings is 1. The van der Waals surface area contributed by atoms with Crippen LogP contribution in [0.15, 0.2) is 41.3 Å². The molecule has 3 rings (SSSR count). The molecule has 1 heterocycles. The van der Waals surface area contributed by atoms with E-state index in [0.717, 1.165) is 24.1 Å². The highest BCUT2D eigenvalue weighted by atomic mass is 32.2. The van der Waals surface area contributed by atoms with Gasteiger partial charge in [-0.05, 0) is 61.2 Å². The van der Waals surface area contributed by atoms with E-state index in [1.165, 1.54) is 31.4 Å². The van der Waals surface area contributed by atoms with E-state index in [0.29, 0.717) is 42.3 Å². The van der Waals surface area contributed by atoms with E-state index < -0.39 is 23.9 Å². The Balaban J connectivity index is 1.91. The molecular formula is C20H20F4N2O3S. The summed E-state index contributed by atoms with van der Waals surface area (Å²) in [4.78, 5) is 13.5. The van der Waals surface area contributed by atoms with Crippen molar-refractivity contribution in [1.29, 1.82) is 0 Å². The minimum absolute atomic E-state index is 0.0226. The molecule has 0 bridgehead atoms. The average Bonchev–Trinajstić information content (AvgIpc) is 2.71. The van der Waals surface area contributed by atoms with Crippen molar-refractivity contribution in [1.82, 2.24) is 0 Å². The van der Waals surface area contributed by atoms with E-state index in [2.05, 4.69) is 4.72 Å². The standard InChI is InChI=1S/C20H20F4N2O3S/c1-29-17-5-2-12(19(27)28)10-18(17)30-25-15-11-13(20(22,23)24)3-4-16(15)26-8-6-14(21)7-9-26/h2-5,10-11,14,25H,6-9H2,1H3,(H,27,28). The maximum atomic E-state index is 13.5. The number of rotatable bonds is 6. The fourth-order valence-corrected chi connectivity index (χ4v) is 3.98. The molecule has 2 aromatic carbocycles. The summed E-state index contributed by atoms with van der Waals surface area (Å²) in [5.41, 5.74) is -0.0685. The summed E-state index contributed by atoms with van der Waals surface area (Å²) >= 11 is 0.948. The molecule has 1 aliphatic rings. The number of anilines is 2. The molecule has 0 aromatic heterocycles. The Bertz CT molecular complexity index is 915. The SMILES string of the molecule is COc1ccc(C(=O)O)cc1SNc1cc(C(F)(F)F)ccc1N1CCC(F)CC1. The fraction of sp³-hybridized carbons (Fsp3) is 0.350. The normalized spacial score (nSPS) is 15.2. The van der Waals surface area contributed by atoms with Crippen molar-refractivity contribution >= 4 is 29.3 Å². The predicted molar refractivity (Wildman–Crippen MR) is 107 cm³/mol. The number of carbonyl (C=O) groups is 1. The molecular weight excluding hydrogens is 424 g/mol. The smallest absolute Gasteiger partial charge is 0.416 e. The van der Waals surface area contributed by atoms with Crippen molar-refractivity contribution in [3.05, 3.63) is 47.5 Å². The molecule has 0 amide bonds. The summed E-state index contributed by atoms with van der Waals surface area (Å²) in [6.45, 7) is 0.785. The molecule has 2 aromatic rings. The van der Waals surface area contributed by atoms with E-state index in [1.807, 2.05) is 4.90 Å². The van der Waals surface area contributed by atoms with Gasteiger partial charge in [-0.1, -0.05) is 0 Å². The minimum atomic E-state index is -4.52. The van der Waals surface area contributed by atoms with Gasteiger partial charge in [0.05, 0.1) is 34.5 Å². The maximum Gasteiger partial charge on any atom is 0.416 e. The van der Waals surface area contributed by atoms with Crippen molar-refractivity contribution in [3.8, 4) is 5.75 Å². The molecule has 0 saturated carbocycles. The molecule has 30 heavy (non-hydrogen) atoms. The van der Waals surface area contributed by atoms with Gasteiger partial charge in [0, 0.05) is 13.1 Å². The highest BCUT2D eigenvalue weighted by molar-refractivity contribution is 8.00. The van der Waals surface area contributed by atoms with Crippen LogP contribution in [-0.4, -0.2) is 37.4 Å². The third kappa shape index (κ3) is 5.10. The van der Waals surface area contributed by atoms with E-state index in [4.69, 9.17) is 4.74 Å². The van der Waals surface area contributed by atoms with Crippen molar-refractivity contribution in [3.63, 3.8) is 0 Å². The molecule has 2 N–H and O–H groups in total. The van der Waals surface area contributed by atoms with E-state index >= 15 is 0 Å². The molecule has 162 valence electrons. The lowest BCUT2D eigenvalue weighted by atomic mass is 10.1. The molecule has 5 nitrogen and oxygen atoms in total. The summed E-state index contributed by atoms with van der Waals surface area (Å²) < 4.78 is 61.3. The highest BCUT2D eigenvalue weighted by Gasteiger charge is 2.32. The Morgan fingerprint density at radius 3 is 2.50 bits per heavy atom. The lowest BCUT2D eigenvalue weighted by Gasteiger charge is -2.32. The van der Waals surface area contributed by atoms with Crippen LogP contribution in [0, 0.1) is 0 Å². The van der Waals surface area contributed by atoms with Crippen LogP contribution in [0.3, 0.4) is 0 Å². The molecule has 0 spiro atoms. The van der Waals surface area contributed by atoms with E-state index in [1.54, 1.807) is 0 Å². The van der Waals surface area contributed by atoms with Crippen molar-refractivity contribution in [2.75, 3.05) is 29.8 Å². The molecule has 0 aliphatic carbocycles. The number of methoxy groups -OCH3 is 1. The molecule has 0 atom stereocenters. The predicted octanol–water partition coefficient (Wildman–Crippen LogP) is 5.47. The van der Waals surface area contributed by atoms with Gasteiger partial charge >= 0.3 is 12.1 Å². The minimum Gasteiger partial charge on any atom is -0.496 e. The van der Waals surface area contributed by atoms with Crippen LogP contribution >= 0.6 is 11.9 Å². The van der Waals surface area contributed by atoms with E-state index in [9.17, 15) is 27.5 Å². The van der Waals surface area contributed by atoms with Crippen molar-refractivity contribution in [2.24, 2.45) is 0 Å². The number of ether oxygens (including phenoxy) is 1. The lowest BCUT2D eigenvalue weighted by molar-refractivity contribution is -0.137. The van der Waals surface area contributed by atoms with Gasteiger partial charge in [0.15, 0.2) is 0 Å². The molecule has 10 heteroatoms. The number of alkyl halides is 4. The first-order valence-electron chi connectivity index (χ1n) is 9.13. The van der Waals surface area contributed by atoms with Crippen LogP contribution in [0.25, 0.3) is 0 Å². The van der Waals surface area contributed by atoms with Gasteiger partial charge in [-0.15, -0.1) is 0 Å². The Morgan fingerprint density at radius 2 is 1.90 bits per heavy atom. The van der Waals surface area contributed by atoms with Crippen LogP contribution < -0.4 is 14.4 Å². The number of nitrogens with one attached hydrogen (secondary N) is 1. The van der Waals surface area contributed by atoms with Crippen LogP contribution in [0.5, 0.6) is 5.75 Å².